The van der Waals surface area contributed by atoms with E-state index in [0.29, 0.717) is 33.4 Å². The predicted octanol–water partition coefficient (Wildman–Crippen LogP) is 6.33. The number of fused-ring (bicyclic) bond motifs is 2. The number of hydrogen-bond acceptors (Lipinski definition) is 7. The molecule has 0 radical (unpaired) electrons. The van der Waals surface area contributed by atoms with Gasteiger partial charge in [-0.1, -0.05) is 18.2 Å². The average Bonchev–Trinajstić information content (AvgIpc) is 3.57. The number of hydrogen-bond donors (Lipinski definition) is 1. The quantitative estimate of drug-likeness (QED) is 0.244. The molecule has 0 aliphatic carbocycles. The van der Waals surface area contributed by atoms with Crippen molar-refractivity contribution < 1.29 is 22.0 Å². The van der Waals surface area contributed by atoms with Crippen molar-refractivity contribution in [1.29, 1.82) is 0 Å². The fraction of sp³-hybridized carbons (Fsp3) is 0.100. The van der Waals surface area contributed by atoms with Crippen LogP contribution in [0.5, 0.6) is 0 Å². The number of halogens is 1. The molecule has 0 aliphatic rings. The highest BCUT2D eigenvalue weighted by molar-refractivity contribution is 7.92. The molecule has 0 unspecified atom stereocenters. The van der Waals surface area contributed by atoms with Gasteiger partial charge < -0.3 is 9.73 Å². The fourth-order valence-corrected chi connectivity index (χ4v) is 6.10. The Morgan fingerprint density at radius 2 is 1.76 bits per heavy atom. The monoisotopic (exact) mass is 586 g/mol. The number of anilines is 1. The van der Waals surface area contributed by atoms with Gasteiger partial charge >= 0.3 is 0 Å². The van der Waals surface area contributed by atoms with E-state index in [9.17, 15) is 17.6 Å². The minimum Gasteiger partial charge on any atom is -0.455 e. The summed E-state index contributed by atoms with van der Waals surface area (Å²) in [6, 6.07) is 20.4. The fourth-order valence-electron chi connectivity index (χ4n) is 4.67. The van der Waals surface area contributed by atoms with E-state index < -0.39 is 21.7 Å². The van der Waals surface area contributed by atoms with Gasteiger partial charge in [0.05, 0.1) is 22.2 Å². The van der Waals surface area contributed by atoms with Crippen LogP contribution in [0.15, 0.2) is 83.4 Å². The summed E-state index contributed by atoms with van der Waals surface area (Å²) in [6.07, 6.45) is 2.81. The van der Waals surface area contributed by atoms with Gasteiger partial charge in [-0.3, -0.25) is 9.10 Å². The van der Waals surface area contributed by atoms with Crippen molar-refractivity contribution in [3.05, 3.63) is 90.4 Å². The van der Waals surface area contributed by atoms with E-state index in [4.69, 9.17) is 4.42 Å². The average molecular weight is 587 g/mol. The van der Waals surface area contributed by atoms with Gasteiger partial charge in [0.1, 0.15) is 22.2 Å². The van der Waals surface area contributed by atoms with Crippen LogP contribution in [0.2, 0.25) is 0 Å². The Balaban J connectivity index is 1.61. The van der Waals surface area contributed by atoms with Crippen LogP contribution in [0.25, 0.3) is 54.3 Å². The molecule has 0 aliphatic heterocycles. The Morgan fingerprint density at radius 1 is 1.00 bits per heavy atom. The van der Waals surface area contributed by atoms with Gasteiger partial charge in [0.2, 0.25) is 10.0 Å². The smallest absolute Gasteiger partial charge is 0.255 e. The summed E-state index contributed by atoms with van der Waals surface area (Å²) in [6.45, 7) is 0. The maximum atomic E-state index is 13.7. The second-order valence-electron chi connectivity index (χ2n) is 9.41. The van der Waals surface area contributed by atoms with Gasteiger partial charge in [-0.25, -0.2) is 22.8 Å². The summed E-state index contributed by atoms with van der Waals surface area (Å²) >= 11 is 1.51. The summed E-state index contributed by atoms with van der Waals surface area (Å²) in [5, 5.41) is 3.91. The lowest BCUT2D eigenvalue weighted by molar-refractivity contribution is 0.0964. The molecule has 1 N–H and O–H groups in total. The maximum Gasteiger partial charge on any atom is 0.255 e. The zero-order valence-corrected chi connectivity index (χ0v) is 23.8. The van der Waals surface area contributed by atoms with Crippen LogP contribution in [-0.2, 0) is 10.0 Å². The highest BCUT2D eigenvalue weighted by atomic mass is 32.2. The molecule has 0 spiro atoms. The lowest BCUT2D eigenvalue weighted by Crippen LogP contribution is -2.25. The Kier molecular flexibility index (Phi) is 6.55. The molecule has 206 valence electrons. The van der Waals surface area contributed by atoms with E-state index in [2.05, 4.69) is 15.3 Å². The molecule has 3 heterocycles. The second kappa shape index (κ2) is 10.1. The Bertz CT molecular complexity index is 2040. The number of carbonyl (C=O) groups is 1. The van der Waals surface area contributed by atoms with Crippen molar-refractivity contribution in [3.63, 3.8) is 0 Å². The lowest BCUT2D eigenvalue weighted by Gasteiger charge is -2.21. The van der Waals surface area contributed by atoms with Crippen molar-refractivity contribution in [3.8, 4) is 33.0 Å². The van der Waals surface area contributed by atoms with Crippen molar-refractivity contribution in [1.82, 2.24) is 15.3 Å². The number of nitrogens with one attached hydrogen (secondary N) is 1. The zero-order valence-electron chi connectivity index (χ0n) is 22.2. The molecule has 6 rings (SSSR count). The van der Waals surface area contributed by atoms with Gasteiger partial charge in [0.25, 0.3) is 5.91 Å². The first-order chi connectivity index (χ1) is 19.6. The lowest BCUT2D eigenvalue weighted by atomic mass is 9.97. The first kappa shape index (κ1) is 26.6. The Hall–Kier alpha value is -4.61. The molecule has 41 heavy (non-hydrogen) atoms. The van der Waals surface area contributed by atoms with E-state index in [-0.39, 0.29) is 11.3 Å². The van der Waals surface area contributed by atoms with Gasteiger partial charge in [-0.15, -0.1) is 11.3 Å². The van der Waals surface area contributed by atoms with Crippen molar-refractivity contribution >= 4 is 54.3 Å². The number of nitrogens with zero attached hydrogens (tertiary/aromatic N) is 3. The topological polar surface area (TPSA) is 105 Å². The number of thiazole rings is 1. The predicted molar refractivity (Wildman–Crippen MR) is 160 cm³/mol. The third-order valence-corrected chi connectivity index (χ3v) is 9.04. The molecule has 0 atom stereocenters. The molecule has 0 fully saturated rings. The van der Waals surface area contributed by atoms with Gasteiger partial charge in [-0.05, 0) is 54.1 Å². The minimum atomic E-state index is -3.66. The number of pyridine rings is 1. The number of amides is 1. The molecule has 0 saturated carbocycles. The van der Waals surface area contributed by atoms with Crippen LogP contribution >= 0.6 is 11.3 Å². The molecule has 11 heteroatoms. The molecule has 0 saturated heterocycles. The SMILES string of the molecule is CNC(=O)c1c(-c2ccc(F)cc2)oc2cc(N(C)S(C)(=O)=O)c(-c3cccc(-c4nc5ncccc5s4)c3)cc12. The summed E-state index contributed by atoms with van der Waals surface area (Å²) in [5.74, 6) is -0.566. The molecular weight excluding hydrogens is 563 g/mol. The van der Waals surface area contributed by atoms with Crippen LogP contribution in [-0.4, -0.2) is 44.6 Å². The maximum absolute atomic E-state index is 13.7. The van der Waals surface area contributed by atoms with Crippen LogP contribution in [0.1, 0.15) is 10.4 Å². The molecule has 3 aromatic carbocycles. The van der Waals surface area contributed by atoms with E-state index in [0.717, 1.165) is 27.1 Å². The van der Waals surface area contributed by atoms with E-state index in [1.807, 2.05) is 36.4 Å². The number of sulfonamides is 1. The third-order valence-electron chi connectivity index (χ3n) is 6.79. The molecular formula is C30H23FN4O4S2. The Labute approximate surface area is 239 Å². The molecule has 0 bridgehead atoms. The van der Waals surface area contributed by atoms with Crippen molar-refractivity contribution in [2.24, 2.45) is 0 Å². The number of furan rings is 1. The first-order valence-corrected chi connectivity index (χ1v) is 15.2. The second-order valence-corrected chi connectivity index (χ2v) is 12.5. The van der Waals surface area contributed by atoms with Crippen molar-refractivity contribution in [2.75, 3.05) is 24.7 Å². The van der Waals surface area contributed by atoms with Gasteiger partial charge in [0.15, 0.2) is 5.65 Å². The van der Waals surface area contributed by atoms with Crippen molar-refractivity contribution in [2.45, 2.75) is 0 Å². The van der Waals surface area contributed by atoms with E-state index in [1.54, 1.807) is 18.3 Å². The largest absolute Gasteiger partial charge is 0.455 e. The third kappa shape index (κ3) is 4.83. The number of carbonyl (C=O) groups excluding carboxylic acids is 1. The van der Waals surface area contributed by atoms with Gasteiger partial charge in [-0.2, -0.15) is 0 Å². The number of aromatic nitrogens is 2. The number of rotatable bonds is 6. The zero-order chi connectivity index (χ0) is 28.9. The summed E-state index contributed by atoms with van der Waals surface area (Å²) in [7, 11) is -0.686. The summed E-state index contributed by atoms with van der Waals surface area (Å²) in [5.41, 5.74) is 4.22. The standard InChI is InChI=1S/C30H23FN4O4S2/c1-32-29(36)26-22-15-21(18-6-4-7-19(14-18)30-34-28-25(40-30)8-5-13-33-28)23(35(2)41(3,37)38)16-24(22)39-27(26)17-9-11-20(31)12-10-17/h4-16H,1-3H3,(H,32,36). The molecule has 3 aromatic heterocycles. The molecule has 6 aromatic rings. The van der Waals surface area contributed by atoms with Crippen LogP contribution in [0, 0.1) is 5.82 Å². The van der Waals surface area contributed by atoms with Crippen LogP contribution < -0.4 is 9.62 Å². The van der Waals surface area contributed by atoms with E-state index in [1.165, 1.54) is 54.0 Å². The summed E-state index contributed by atoms with van der Waals surface area (Å²) < 4.78 is 47.3. The first-order valence-electron chi connectivity index (χ1n) is 12.5. The summed E-state index contributed by atoms with van der Waals surface area (Å²) in [4.78, 5) is 22.1. The Morgan fingerprint density at radius 3 is 2.46 bits per heavy atom. The van der Waals surface area contributed by atoms with Crippen LogP contribution in [0.4, 0.5) is 10.1 Å². The minimum absolute atomic E-state index is 0.250. The van der Waals surface area contributed by atoms with Crippen LogP contribution in [0.3, 0.4) is 0 Å². The molecule has 8 nitrogen and oxygen atoms in total. The highest BCUT2D eigenvalue weighted by Crippen LogP contribution is 2.42. The van der Waals surface area contributed by atoms with E-state index >= 15 is 0 Å². The normalized spacial score (nSPS) is 11.7. The highest BCUT2D eigenvalue weighted by Gasteiger charge is 2.26. The number of benzene rings is 3. The molecule has 1 amide bonds. The van der Waals surface area contributed by atoms with Gasteiger partial charge in [0, 0.05) is 48.4 Å².